The van der Waals surface area contributed by atoms with Crippen molar-refractivity contribution in [1.29, 1.82) is 0 Å². The predicted octanol–water partition coefficient (Wildman–Crippen LogP) is 4.86. The lowest BCUT2D eigenvalue weighted by atomic mass is 9.87. The van der Waals surface area contributed by atoms with E-state index >= 15 is 0 Å². The zero-order valence-electron chi connectivity index (χ0n) is 21.5. The van der Waals surface area contributed by atoms with Crippen LogP contribution in [0.15, 0.2) is 66.7 Å². The van der Waals surface area contributed by atoms with E-state index < -0.39 is 0 Å². The summed E-state index contributed by atoms with van der Waals surface area (Å²) in [5.74, 6) is -0.386. The molecule has 0 atom stereocenters. The molecule has 1 fully saturated rings. The molecule has 1 heterocycles. The van der Waals surface area contributed by atoms with Crippen molar-refractivity contribution in [3.63, 3.8) is 0 Å². The number of hydrogen-bond acceptors (Lipinski definition) is 5. The van der Waals surface area contributed by atoms with Crippen LogP contribution >= 0.6 is 0 Å². The highest BCUT2D eigenvalue weighted by molar-refractivity contribution is 6.13. The van der Waals surface area contributed by atoms with E-state index in [1.165, 1.54) is 7.11 Å². The van der Waals surface area contributed by atoms with Crippen molar-refractivity contribution in [2.24, 2.45) is 0 Å². The van der Waals surface area contributed by atoms with Gasteiger partial charge in [-0.1, -0.05) is 32.9 Å². The van der Waals surface area contributed by atoms with Gasteiger partial charge >= 0.3 is 0 Å². The van der Waals surface area contributed by atoms with Crippen LogP contribution in [0.2, 0.25) is 0 Å². The summed E-state index contributed by atoms with van der Waals surface area (Å²) in [6.07, 6.45) is 0. The number of carbonyl (C=O) groups is 3. The van der Waals surface area contributed by atoms with Gasteiger partial charge in [0.1, 0.15) is 12.4 Å². The molecule has 2 N–H and O–H groups in total. The first-order valence-corrected chi connectivity index (χ1v) is 12.0. The van der Waals surface area contributed by atoms with Crippen LogP contribution < -0.4 is 20.3 Å². The second kappa shape index (κ2) is 10.8. The average molecular weight is 502 g/mol. The molecule has 1 aliphatic rings. The highest BCUT2D eigenvalue weighted by Gasteiger charge is 2.21. The Morgan fingerprint density at radius 2 is 1.62 bits per heavy atom. The smallest absolute Gasteiger partial charge is 0.257 e. The highest BCUT2D eigenvalue weighted by atomic mass is 16.5. The molecule has 8 nitrogen and oxygen atoms in total. The van der Waals surface area contributed by atoms with E-state index in [-0.39, 0.29) is 35.3 Å². The monoisotopic (exact) mass is 501 g/mol. The van der Waals surface area contributed by atoms with Gasteiger partial charge in [0, 0.05) is 23.5 Å². The molecule has 0 aliphatic carbocycles. The number of rotatable bonds is 6. The van der Waals surface area contributed by atoms with Gasteiger partial charge < -0.3 is 25.0 Å². The third-order valence-electron chi connectivity index (χ3n) is 6.16. The number of hydrogen-bond donors (Lipinski definition) is 2. The first kappa shape index (κ1) is 25.9. The number of morpholine rings is 1. The Hall–Kier alpha value is -4.17. The van der Waals surface area contributed by atoms with Crippen LogP contribution in [0.4, 0.5) is 17.1 Å². The molecule has 1 saturated heterocycles. The topological polar surface area (TPSA) is 97.0 Å². The maximum absolute atomic E-state index is 13.2. The van der Waals surface area contributed by atoms with Gasteiger partial charge in [0.15, 0.2) is 0 Å². The quantitative estimate of drug-likeness (QED) is 0.503. The Balaban J connectivity index is 1.51. The normalized spacial score (nSPS) is 13.7. The molecule has 0 aromatic heterocycles. The van der Waals surface area contributed by atoms with Crippen LogP contribution in [0.1, 0.15) is 47.1 Å². The molecule has 0 bridgehead atoms. The van der Waals surface area contributed by atoms with Crippen LogP contribution in [-0.4, -0.2) is 44.6 Å². The standard InChI is InChI=1S/C29H31N3O5/c1-29(2,3)20-7-9-21(10-8-20)30-28(35)24-17-23(36-4)13-14-25(24)31-27(34)19-5-11-22(12-6-19)32-15-16-37-18-26(32)33/h5-14,17H,15-16,18H2,1-4H3,(H,30,35)(H,31,34). The first-order valence-electron chi connectivity index (χ1n) is 12.0. The van der Waals surface area contributed by atoms with E-state index in [9.17, 15) is 14.4 Å². The summed E-state index contributed by atoms with van der Waals surface area (Å²) in [5.41, 5.74) is 3.51. The van der Waals surface area contributed by atoms with Gasteiger partial charge in [0.2, 0.25) is 0 Å². The number of methoxy groups -OCH3 is 1. The van der Waals surface area contributed by atoms with Crippen LogP contribution in [0.3, 0.4) is 0 Å². The van der Waals surface area contributed by atoms with Gasteiger partial charge in [-0.3, -0.25) is 14.4 Å². The van der Waals surface area contributed by atoms with Crippen molar-refractivity contribution in [1.82, 2.24) is 0 Å². The minimum atomic E-state index is -0.381. The Kier molecular flexibility index (Phi) is 7.59. The molecule has 0 radical (unpaired) electrons. The van der Waals surface area contributed by atoms with Gasteiger partial charge in [-0.2, -0.15) is 0 Å². The number of nitrogens with zero attached hydrogens (tertiary/aromatic N) is 1. The van der Waals surface area contributed by atoms with Crippen molar-refractivity contribution < 1.29 is 23.9 Å². The third kappa shape index (κ3) is 6.16. The summed E-state index contributed by atoms with van der Waals surface area (Å²) in [6.45, 7) is 7.36. The molecule has 0 unspecified atom stereocenters. The molecule has 3 aromatic carbocycles. The van der Waals surface area contributed by atoms with E-state index in [0.717, 1.165) is 5.56 Å². The third-order valence-corrected chi connectivity index (χ3v) is 6.16. The molecule has 3 amide bonds. The number of nitrogens with one attached hydrogen (secondary N) is 2. The molecule has 37 heavy (non-hydrogen) atoms. The van der Waals surface area contributed by atoms with Gasteiger partial charge in [0.25, 0.3) is 17.7 Å². The molecular formula is C29H31N3O5. The first-order chi connectivity index (χ1) is 17.7. The summed E-state index contributed by atoms with van der Waals surface area (Å²) >= 11 is 0. The van der Waals surface area contributed by atoms with Crippen LogP contribution in [0.5, 0.6) is 5.75 Å². The molecule has 0 saturated carbocycles. The number of amides is 3. The molecule has 192 valence electrons. The second-order valence-electron chi connectivity index (χ2n) is 9.79. The fraction of sp³-hybridized carbons (Fsp3) is 0.276. The van der Waals surface area contributed by atoms with E-state index in [1.807, 2.05) is 24.3 Å². The van der Waals surface area contributed by atoms with Gasteiger partial charge in [-0.25, -0.2) is 0 Å². The summed E-state index contributed by atoms with van der Waals surface area (Å²) in [4.78, 5) is 39.9. The second-order valence-corrected chi connectivity index (χ2v) is 9.79. The summed E-state index contributed by atoms with van der Waals surface area (Å²) in [6, 6.07) is 19.3. The highest BCUT2D eigenvalue weighted by Crippen LogP contribution is 2.27. The van der Waals surface area contributed by atoms with E-state index in [4.69, 9.17) is 9.47 Å². The lowest BCUT2D eigenvalue weighted by Gasteiger charge is -2.26. The predicted molar refractivity (Wildman–Crippen MR) is 144 cm³/mol. The van der Waals surface area contributed by atoms with Crippen molar-refractivity contribution in [3.8, 4) is 5.75 Å². The van der Waals surface area contributed by atoms with Crippen molar-refractivity contribution in [3.05, 3.63) is 83.4 Å². The van der Waals surface area contributed by atoms with E-state index in [1.54, 1.807) is 47.4 Å². The fourth-order valence-corrected chi connectivity index (χ4v) is 3.98. The molecule has 4 rings (SSSR count). The van der Waals surface area contributed by atoms with E-state index in [2.05, 4.69) is 31.4 Å². The van der Waals surface area contributed by atoms with Crippen molar-refractivity contribution >= 4 is 34.8 Å². The maximum Gasteiger partial charge on any atom is 0.257 e. The lowest BCUT2D eigenvalue weighted by Crippen LogP contribution is -2.41. The summed E-state index contributed by atoms with van der Waals surface area (Å²) < 4.78 is 10.5. The van der Waals surface area contributed by atoms with E-state index in [0.29, 0.717) is 41.5 Å². The molecule has 3 aromatic rings. The van der Waals surface area contributed by atoms with Gasteiger partial charge in [0.05, 0.1) is 25.0 Å². The Morgan fingerprint density at radius 1 is 0.919 bits per heavy atom. The number of carbonyl (C=O) groups excluding carboxylic acids is 3. The number of benzene rings is 3. The minimum absolute atomic E-state index is 0.00269. The van der Waals surface area contributed by atoms with Crippen molar-refractivity contribution in [2.75, 3.05) is 42.4 Å². The largest absolute Gasteiger partial charge is 0.497 e. The minimum Gasteiger partial charge on any atom is -0.497 e. The number of ether oxygens (including phenoxy) is 2. The molecular weight excluding hydrogens is 470 g/mol. The van der Waals surface area contributed by atoms with Crippen molar-refractivity contribution in [2.45, 2.75) is 26.2 Å². The van der Waals surface area contributed by atoms with Crippen LogP contribution in [0.25, 0.3) is 0 Å². The Labute approximate surface area is 216 Å². The summed E-state index contributed by atoms with van der Waals surface area (Å²) in [7, 11) is 1.52. The Morgan fingerprint density at radius 3 is 2.24 bits per heavy atom. The van der Waals surface area contributed by atoms with Crippen LogP contribution in [-0.2, 0) is 14.9 Å². The Bertz CT molecular complexity index is 1290. The van der Waals surface area contributed by atoms with Crippen LogP contribution in [0, 0.1) is 0 Å². The fourth-order valence-electron chi connectivity index (χ4n) is 3.98. The maximum atomic E-state index is 13.2. The lowest BCUT2D eigenvalue weighted by molar-refractivity contribution is -0.125. The summed E-state index contributed by atoms with van der Waals surface area (Å²) in [5, 5.41) is 5.72. The zero-order valence-corrected chi connectivity index (χ0v) is 21.5. The molecule has 1 aliphatic heterocycles. The molecule has 0 spiro atoms. The van der Waals surface area contributed by atoms with Gasteiger partial charge in [-0.05, 0) is 65.6 Å². The van der Waals surface area contributed by atoms with Gasteiger partial charge in [-0.15, -0.1) is 0 Å². The SMILES string of the molecule is COc1ccc(NC(=O)c2ccc(N3CCOCC3=O)cc2)c(C(=O)Nc2ccc(C(C)(C)C)cc2)c1. The number of anilines is 3. The molecule has 8 heteroatoms. The zero-order chi connectivity index (χ0) is 26.6. The average Bonchev–Trinajstić information content (AvgIpc) is 2.89.